The molecule has 1 fully saturated rings. The van der Waals surface area contributed by atoms with Crippen molar-refractivity contribution in [3.05, 3.63) is 74.4 Å². The summed E-state index contributed by atoms with van der Waals surface area (Å²) in [4.78, 5) is 31.2. The molecule has 0 atom stereocenters. The van der Waals surface area contributed by atoms with E-state index in [0.717, 1.165) is 17.5 Å². The zero-order valence-electron chi connectivity index (χ0n) is 21.3. The standard InChI is InChI=1S/C24H18BrClF5N9O2/c1-11-7-12(26)8-15(20(41)33-13-4-5-13)18(11)34-21(42)17-9-14(36-40(17)19-16(25)3-2-6-32-19)10-39-37-22(35-38-39)23(27,28)24(29,30)31/h2-3,6-9,13H,4-5,10H2,1H3,(H,33,41)(H,34,42). The van der Waals surface area contributed by atoms with Crippen molar-refractivity contribution >= 4 is 45.0 Å². The number of halogens is 7. The molecule has 11 nitrogen and oxygen atoms in total. The highest BCUT2D eigenvalue weighted by atomic mass is 79.9. The molecule has 5 rings (SSSR count). The summed E-state index contributed by atoms with van der Waals surface area (Å²) in [5, 5.41) is 19.4. The van der Waals surface area contributed by atoms with E-state index in [1.54, 1.807) is 25.1 Å². The van der Waals surface area contributed by atoms with E-state index in [1.165, 1.54) is 18.3 Å². The number of aryl methyl sites for hydroxylation is 1. The van der Waals surface area contributed by atoms with Gasteiger partial charge in [0.15, 0.2) is 5.82 Å². The molecule has 220 valence electrons. The van der Waals surface area contributed by atoms with Crippen LogP contribution in [0.1, 0.15) is 50.8 Å². The lowest BCUT2D eigenvalue weighted by atomic mass is 10.1. The fourth-order valence-electron chi connectivity index (χ4n) is 3.83. The molecule has 2 N–H and O–H groups in total. The Balaban J connectivity index is 1.50. The van der Waals surface area contributed by atoms with Gasteiger partial charge in [0.2, 0.25) is 0 Å². The van der Waals surface area contributed by atoms with Gasteiger partial charge in [-0.1, -0.05) is 11.6 Å². The minimum atomic E-state index is -5.92. The minimum Gasteiger partial charge on any atom is -0.349 e. The number of rotatable bonds is 8. The zero-order valence-corrected chi connectivity index (χ0v) is 23.6. The number of nitrogens with zero attached hydrogens (tertiary/aromatic N) is 7. The van der Waals surface area contributed by atoms with Gasteiger partial charge in [0, 0.05) is 17.3 Å². The number of pyridine rings is 1. The number of alkyl halides is 5. The predicted molar refractivity (Wildman–Crippen MR) is 141 cm³/mol. The van der Waals surface area contributed by atoms with E-state index >= 15 is 0 Å². The highest BCUT2D eigenvalue weighted by Gasteiger charge is 2.62. The molecule has 0 bridgehead atoms. The van der Waals surface area contributed by atoms with E-state index in [-0.39, 0.29) is 39.5 Å². The molecule has 2 amide bonds. The number of tetrazole rings is 1. The fourth-order valence-corrected chi connectivity index (χ4v) is 4.52. The van der Waals surface area contributed by atoms with Crippen LogP contribution in [0.15, 0.2) is 41.0 Å². The van der Waals surface area contributed by atoms with Crippen LogP contribution in [0.2, 0.25) is 5.02 Å². The second-order valence-electron chi connectivity index (χ2n) is 9.30. The Morgan fingerprint density at radius 2 is 1.86 bits per heavy atom. The van der Waals surface area contributed by atoms with Crippen LogP contribution in [0.4, 0.5) is 27.6 Å². The van der Waals surface area contributed by atoms with Gasteiger partial charge in [0.25, 0.3) is 17.6 Å². The molecule has 3 aromatic heterocycles. The summed E-state index contributed by atoms with van der Waals surface area (Å²) in [7, 11) is 0. The fraction of sp³-hybridized carbons (Fsp3) is 0.292. The summed E-state index contributed by atoms with van der Waals surface area (Å²) in [6.45, 7) is 1.13. The minimum absolute atomic E-state index is 0.00324. The van der Waals surface area contributed by atoms with Crippen molar-refractivity contribution in [2.75, 3.05) is 5.32 Å². The Morgan fingerprint density at radius 1 is 1.12 bits per heavy atom. The van der Waals surface area contributed by atoms with Gasteiger partial charge in [-0.05, 0) is 76.8 Å². The number of anilines is 1. The lowest BCUT2D eigenvalue weighted by Gasteiger charge is -2.15. The monoisotopic (exact) mass is 673 g/mol. The molecule has 0 radical (unpaired) electrons. The van der Waals surface area contributed by atoms with Crippen LogP contribution in [0, 0.1) is 6.92 Å². The maximum Gasteiger partial charge on any atom is 0.461 e. The normalized spacial score (nSPS) is 13.7. The molecule has 0 aliphatic heterocycles. The van der Waals surface area contributed by atoms with Crippen LogP contribution in [0.3, 0.4) is 0 Å². The first-order valence-corrected chi connectivity index (χ1v) is 13.3. The van der Waals surface area contributed by atoms with Crippen molar-refractivity contribution in [3.63, 3.8) is 0 Å². The van der Waals surface area contributed by atoms with Crippen molar-refractivity contribution in [3.8, 4) is 5.82 Å². The third kappa shape index (κ3) is 5.97. The average Bonchev–Trinajstić information content (AvgIpc) is 3.42. The van der Waals surface area contributed by atoms with Crippen molar-refractivity contribution in [1.29, 1.82) is 0 Å². The van der Waals surface area contributed by atoms with Gasteiger partial charge in [0.05, 0.1) is 21.4 Å². The van der Waals surface area contributed by atoms with Crippen LogP contribution in [-0.2, 0) is 12.5 Å². The number of nitrogens with one attached hydrogen (secondary N) is 2. The van der Waals surface area contributed by atoms with E-state index in [4.69, 9.17) is 11.6 Å². The highest BCUT2D eigenvalue weighted by Crippen LogP contribution is 2.42. The van der Waals surface area contributed by atoms with Gasteiger partial charge in [0.1, 0.15) is 12.2 Å². The summed E-state index contributed by atoms with van der Waals surface area (Å²) < 4.78 is 67.0. The number of hydrogen-bond acceptors (Lipinski definition) is 7. The molecule has 1 saturated carbocycles. The number of amides is 2. The summed E-state index contributed by atoms with van der Waals surface area (Å²) in [6, 6.07) is 7.50. The van der Waals surface area contributed by atoms with Gasteiger partial charge in [-0.25, -0.2) is 9.67 Å². The molecule has 0 spiro atoms. The Hall–Kier alpha value is -3.99. The van der Waals surface area contributed by atoms with Crippen LogP contribution < -0.4 is 10.6 Å². The molecule has 1 aromatic carbocycles. The molecule has 1 aliphatic rings. The van der Waals surface area contributed by atoms with E-state index in [1.807, 2.05) is 0 Å². The first kappa shape index (κ1) is 29.5. The average molecular weight is 675 g/mol. The quantitative estimate of drug-likeness (QED) is 0.256. The van der Waals surface area contributed by atoms with Crippen LogP contribution >= 0.6 is 27.5 Å². The first-order valence-electron chi connectivity index (χ1n) is 12.1. The lowest BCUT2D eigenvalue weighted by Crippen LogP contribution is -2.35. The predicted octanol–water partition coefficient (Wildman–Crippen LogP) is 4.83. The number of hydrogen-bond donors (Lipinski definition) is 2. The molecule has 0 unspecified atom stereocenters. The van der Waals surface area contributed by atoms with E-state index < -0.39 is 36.3 Å². The van der Waals surface area contributed by atoms with E-state index in [2.05, 4.69) is 52.1 Å². The number of aromatic nitrogens is 7. The maximum atomic E-state index is 13.7. The van der Waals surface area contributed by atoms with Crippen molar-refractivity contribution in [2.24, 2.45) is 0 Å². The maximum absolute atomic E-state index is 13.7. The summed E-state index contributed by atoms with van der Waals surface area (Å²) >= 11 is 9.51. The Morgan fingerprint density at radius 3 is 2.52 bits per heavy atom. The Labute approximate surface area is 246 Å². The number of carbonyl (C=O) groups is 2. The summed E-state index contributed by atoms with van der Waals surface area (Å²) in [6.07, 6.45) is -2.82. The molecule has 42 heavy (non-hydrogen) atoms. The largest absolute Gasteiger partial charge is 0.461 e. The van der Waals surface area contributed by atoms with Crippen molar-refractivity contribution < 1.29 is 31.5 Å². The van der Waals surface area contributed by atoms with Crippen LogP contribution in [0.25, 0.3) is 5.82 Å². The summed E-state index contributed by atoms with van der Waals surface area (Å²) in [5.41, 5.74) is 0.696. The third-order valence-corrected chi connectivity index (χ3v) is 6.86. The third-order valence-electron chi connectivity index (χ3n) is 6.02. The van der Waals surface area contributed by atoms with Gasteiger partial charge >= 0.3 is 12.1 Å². The Bertz CT molecular complexity index is 1690. The summed E-state index contributed by atoms with van der Waals surface area (Å²) in [5.74, 6) is -8.18. The smallest absolute Gasteiger partial charge is 0.349 e. The first-order chi connectivity index (χ1) is 19.7. The van der Waals surface area contributed by atoms with Crippen molar-refractivity contribution in [1.82, 2.24) is 40.3 Å². The van der Waals surface area contributed by atoms with Crippen LogP contribution in [-0.4, -0.2) is 59.0 Å². The van der Waals surface area contributed by atoms with E-state index in [9.17, 15) is 31.5 Å². The van der Waals surface area contributed by atoms with Crippen LogP contribution in [0.5, 0.6) is 0 Å². The Kier molecular flexibility index (Phi) is 7.74. The van der Waals surface area contributed by atoms with E-state index in [0.29, 0.717) is 14.8 Å². The van der Waals surface area contributed by atoms with Gasteiger partial charge in [-0.3, -0.25) is 9.59 Å². The topological polar surface area (TPSA) is 133 Å². The molecular weight excluding hydrogens is 657 g/mol. The highest BCUT2D eigenvalue weighted by molar-refractivity contribution is 9.10. The second kappa shape index (κ2) is 11.0. The number of carbonyl (C=O) groups excluding carboxylic acids is 2. The molecule has 18 heteroatoms. The van der Waals surface area contributed by atoms with Gasteiger partial charge < -0.3 is 10.6 Å². The lowest BCUT2D eigenvalue weighted by molar-refractivity contribution is -0.292. The molecule has 1 aliphatic carbocycles. The molecule has 3 heterocycles. The second-order valence-corrected chi connectivity index (χ2v) is 10.6. The number of benzene rings is 1. The SMILES string of the molecule is Cc1cc(Cl)cc(C(=O)NC2CC2)c1NC(=O)c1cc(Cn2nnc(C(F)(F)C(F)(F)F)n2)nn1-c1ncccc1Br. The molecular formula is C24H18BrClF5N9O2. The van der Waals surface area contributed by atoms with Crippen molar-refractivity contribution in [2.45, 2.75) is 44.5 Å². The molecule has 4 aromatic rings. The zero-order chi connectivity index (χ0) is 30.4. The molecule has 0 saturated heterocycles. The van der Waals surface area contributed by atoms with Gasteiger partial charge in [-0.15, -0.1) is 10.2 Å². The van der Waals surface area contributed by atoms with Gasteiger partial charge in [-0.2, -0.15) is 31.8 Å².